The Morgan fingerprint density at radius 2 is 2.27 bits per heavy atom. The molecule has 15 heavy (non-hydrogen) atoms. The van der Waals surface area contributed by atoms with Crippen LogP contribution in [0.5, 0.6) is 0 Å². The highest BCUT2D eigenvalue weighted by Crippen LogP contribution is 2.11. The van der Waals surface area contributed by atoms with Crippen LogP contribution in [0.2, 0.25) is 0 Å². The van der Waals surface area contributed by atoms with Gasteiger partial charge < -0.3 is 10.0 Å². The van der Waals surface area contributed by atoms with Crippen LogP contribution in [-0.4, -0.2) is 36.1 Å². The number of rotatable bonds is 5. The molecule has 0 aliphatic rings. The minimum absolute atomic E-state index is 0.0476. The summed E-state index contributed by atoms with van der Waals surface area (Å²) in [7, 11) is 1.87. The minimum Gasteiger partial charge on any atom is -0.395 e. The van der Waals surface area contributed by atoms with Gasteiger partial charge in [0.15, 0.2) is 5.78 Å². The highest BCUT2D eigenvalue weighted by atomic mass is 16.3. The highest BCUT2D eigenvalue weighted by Gasteiger charge is 2.05. The lowest BCUT2D eigenvalue weighted by Gasteiger charge is -2.17. The van der Waals surface area contributed by atoms with Gasteiger partial charge in [0.05, 0.1) is 18.5 Å². The van der Waals surface area contributed by atoms with E-state index < -0.39 is 0 Å². The summed E-state index contributed by atoms with van der Waals surface area (Å²) in [5.74, 6) is 0.0476. The van der Waals surface area contributed by atoms with Crippen LogP contribution in [0.3, 0.4) is 0 Å². The third-order valence-electron chi connectivity index (χ3n) is 2.23. The van der Waals surface area contributed by atoms with Crippen LogP contribution in [0, 0.1) is 0 Å². The van der Waals surface area contributed by atoms with Gasteiger partial charge in [-0.2, -0.15) is 0 Å². The number of aliphatic hydroxyl groups is 1. The zero-order valence-corrected chi connectivity index (χ0v) is 9.10. The Labute approximate surface area is 89.6 Å². The Hall–Kier alpha value is -1.42. The molecule has 4 nitrogen and oxygen atoms in total. The maximum Gasteiger partial charge on any atom is 0.180 e. The van der Waals surface area contributed by atoms with E-state index in [0.29, 0.717) is 18.7 Å². The SMILES string of the molecule is CCC(=O)c1ccc(N(C)CCO)cn1. The number of anilines is 1. The van der Waals surface area contributed by atoms with Crippen molar-refractivity contribution < 1.29 is 9.90 Å². The average Bonchev–Trinajstić information content (AvgIpc) is 2.28. The van der Waals surface area contributed by atoms with Crippen molar-refractivity contribution in [3.05, 3.63) is 24.0 Å². The summed E-state index contributed by atoms with van der Waals surface area (Å²) in [5, 5.41) is 8.76. The largest absolute Gasteiger partial charge is 0.395 e. The first-order valence-corrected chi connectivity index (χ1v) is 5.00. The summed E-state index contributed by atoms with van der Waals surface area (Å²) in [6.45, 7) is 2.48. The van der Waals surface area contributed by atoms with Crippen molar-refractivity contribution in [1.82, 2.24) is 4.98 Å². The summed E-state index contributed by atoms with van der Waals surface area (Å²) in [6, 6.07) is 3.56. The van der Waals surface area contributed by atoms with Gasteiger partial charge in [-0.25, -0.2) is 0 Å². The molecular weight excluding hydrogens is 192 g/mol. The minimum atomic E-state index is 0.0476. The second kappa shape index (κ2) is 5.46. The molecule has 0 saturated heterocycles. The van der Waals surface area contributed by atoms with Crippen molar-refractivity contribution in [2.75, 3.05) is 25.1 Å². The third-order valence-corrected chi connectivity index (χ3v) is 2.23. The molecule has 1 aromatic rings. The van der Waals surface area contributed by atoms with Crippen molar-refractivity contribution in [2.45, 2.75) is 13.3 Å². The van der Waals surface area contributed by atoms with Crippen molar-refractivity contribution in [1.29, 1.82) is 0 Å². The molecule has 0 amide bonds. The molecule has 0 spiro atoms. The Bertz CT molecular complexity index is 322. The fraction of sp³-hybridized carbons (Fsp3) is 0.455. The van der Waals surface area contributed by atoms with Gasteiger partial charge in [0.2, 0.25) is 0 Å². The predicted octanol–water partition coefficient (Wildman–Crippen LogP) is 1.10. The molecule has 0 aromatic carbocycles. The number of carbonyl (C=O) groups excluding carboxylic acids is 1. The lowest BCUT2D eigenvalue weighted by Crippen LogP contribution is -2.21. The summed E-state index contributed by atoms with van der Waals surface area (Å²) in [4.78, 5) is 17.3. The number of hydrogen-bond donors (Lipinski definition) is 1. The van der Waals surface area contributed by atoms with Crippen LogP contribution >= 0.6 is 0 Å². The number of carbonyl (C=O) groups is 1. The van der Waals surface area contributed by atoms with Crippen LogP contribution in [0.25, 0.3) is 0 Å². The van der Waals surface area contributed by atoms with Gasteiger partial charge in [-0.3, -0.25) is 9.78 Å². The maximum absolute atomic E-state index is 11.3. The third kappa shape index (κ3) is 3.02. The van der Waals surface area contributed by atoms with Gasteiger partial charge >= 0.3 is 0 Å². The predicted molar refractivity (Wildman–Crippen MR) is 59.2 cm³/mol. The zero-order valence-electron chi connectivity index (χ0n) is 9.10. The van der Waals surface area contributed by atoms with E-state index in [2.05, 4.69) is 4.98 Å². The van der Waals surface area contributed by atoms with E-state index in [-0.39, 0.29) is 12.4 Å². The van der Waals surface area contributed by atoms with Crippen LogP contribution in [0.1, 0.15) is 23.8 Å². The molecule has 1 aromatic heterocycles. The Morgan fingerprint density at radius 3 is 2.73 bits per heavy atom. The van der Waals surface area contributed by atoms with Crippen LogP contribution in [0.4, 0.5) is 5.69 Å². The van der Waals surface area contributed by atoms with Crippen molar-refractivity contribution in [3.8, 4) is 0 Å². The molecule has 0 atom stereocenters. The Morgan fingerprint density at radius 1 is 1.53 bits per heavy atom. The second-order valence-electron chi connectivity index (χ2n) is 3.32. The monoisotopic (exact) mass is 208 g/mol. The number of likely N-dealkylation sites (N-methyl/N-ethyl adjacent to an activating group) is 1. The smallest absolute Gasteiger partial charge is 0.180 e. The van der Waals surface area contributed by atoms with Crippen LogP contribution in [0.15, 0.2) is 18.3 Å². The van der Waals surface area contributed by atoms with E-state index in [0.717, 1.165) is 5.69 Å². The first-order chi connectivity index (χ1) is 7.19. The van der Waals surface area contributed by atoms with E-state index >= 15 is 0 Å². The summed E-state index contributed by atoms with van der Waals surface area (Å²) >= 11 is 0. The summed E-state index contributed by atoms with van der Waals surface area (Å²) in [6.07, 6.45) is 2.12. The number of pyridine rings is 1. The van der Waals surface area contributed by atoms with Crippen molar-refractivity contribution >= 4 is 11.5 Å². The van der Waals surface area contributed by atoms with Gasteiger partial charge in [0, 0.05) is 20.0 Å². The van der Waals surface area contributed by atoms with Gasteiger partial charge in [-0.05, 0) is 12.1 Å². The molecule has 1 heterocycles. The fourth-order valence-corrected chi connectivity index (χ4v) is 1.24. The molecule has 82 valence electrons. The van der Waals surface area contributed by atoms with E-state index in [4.69, 9.17) is 5.11 Å². The van der Waals surface area contributed by atoms with E-state index in [1.807, 2.05) is 24.9 Å². The van der Waals surface area contributed by atoms with Crippen LogP contribution in [-0.2, 0) is 0 Å². The highest BCUT2D eigenvalue weighted by molar-refractivity contribution is 5.94. The number of Topliss-reactive ketones (excluding diaryl/α,β-unsaturated/α-hetero) is 1. The van der Waals surface area contributed by atoms with Gasteiger partial charge in [-0.1, -0.05) is 6.92 Å². The molecule has 0 radical (unpaired) electrons. The van der Waals surface area contributed by atoms with Crippen molar-refractivity contribution in [2.24, 2.45) is 0 Å². The molecule has 0 bridgehead atoms. The quantitative estimate of drug-likeness (QED) is 0.736. The molecular formula is C11H16N2O2. The van der Waals surface area contributed by atoms with Crippen molar-refractivity contribution in [3.63, 3.8) is 0 Å². The number of aliphatic hydroxyl groups excluding tert-OH is 1. The molecule has 1 rings (SSSR count). The van der Waals surface area contributed by atoms with Gasteiger partial charge in [0.25, 0.3) is 0 Å². The first kappa shape index (κ1) is 11.7. The standard InChI is InChI=1S/C11H16N2O2/c1-3-11(15)10-5-4-9(8-12-10)13(2)6-7-14/h4-5,8,14H,3,6-7H2,1-2H3. The average molecular weight is 208 g/mol. The second-order valence-corrected chi connectivity index (χ2v) is 3.32. The summed E-state index contributed by atoms with van der Waals surface area (Å²) in [5.41, 5.74) is 1.40. The molecule has 4 heteroatoms. The Kier molecular flexibility index (Phi) is 4.24. The number of hydrogen-bond acceptors (Lipinski definition) is 4. The molecule has 0 aliphatic carbocycles. The maximum atomic E-state index is 11.3. The molecule has 0 fully saturated rings. The van der Waals surface area contributed by atoms with E-state index in [9.17, 15) is 4.79 Å². The zero-order chi connectivity index (χ0) is 11.3. The Balaban J connectivity index is 2.76. The first-order valence-electron chi connectivity index (χ1n) is 5.00. The molecule has 1 N–H and O–H groups in total. The van der Waals surface area contributed by atoms with Gasteiger partial charge in [-0.15, -0.1) is 0 Å². The van der Waals surface area contributed by atoms with E-state index in [1.54, 1.807) is 12.3 Å². The molecule has 0 aliphatic heterocycles. The fourth-order valence-electron chi connectivity index (χ4n) is 1.24. The summed E-state index contributed by atoms with van der Waals surface area (Å²) < 4.78 is 0. The number of aromatic nitrogens is 1. The van der Waals surface area contributed by atoms with Gasteiger partial charge in [0.1, 0.15) is 5.69 Å². The topological polar surface area (TPSA) is 53.4 Å². The lowest BCUT2D eigenvalue weighted by molar-refractivity contribution is 0.0983. The number of nitrogens with zero attached hydrogens (tertiary/aromatic N) is 2. The normalized spacial score (nSPS) is 10.1. The molecule has 0 saturated carbocycles. The molecule has 0 unspecified atom stereocenters. The lowest BCUT2D eigenvalue weighted by atomic mass is 10.2. The number of ketones is 1. The van der Waals surface area contributed by atoms with E-state index in [1.165, 1.54) is 0 Å². The van der Waals surface area contributed by atoms with Crippen LogP contribution < -0.4 is 4.90 Å².